The molecule has 0 fully saturated rings. The second-order valence-electron chi connectivity index (χ2n) is 5.09. The van der Waals surface area contributed by atoms with Gasteiger partial charge in [-0.25, -0.2) is 4.98 Å². The van der Waals surface area contributed by atoms with Crippen LogP contribution in [-0.4, -0.2) is 24.0 Å². The monoisotopic (exact) mass is 424 g/mol. The van der Waals surface area contributed by atoms with Gasteiger partial charge in [0.15, 0.2) is 0 Å². The molecule has 1 unspecified atom stereocenters. The number of benzene rings is 1. The molecule has 0 radical (unpaired) electrons. The van der Waals surface area contributed by atoms with Crippen molar-refractivity contribution in [3.63, 3.8) is 0 Å². The average molecular weight is 426 g/mol. The van der Waals surface area contributed by atoms with Crippen LogP contribution in [0.3, 0.4) is 0 Å². The van der Waals surface area contributed by atoms with Crippen molar-refractivity contribution in [2.24, 2.45) is 5.73 Å². The van der Waals surface area contributed by atoms with E-state index in [1.807, 2.05) is 31.2 Å². The standard InChI is InChI=1S/C16H18Cl2N4O.2ClH/c1-10-2-4-11(5-3-10)14(19)16(23)21-7-6-20-15-13(18)8-12(17)9-22-15;;/h2-5,8-9,14H,6-7,19H2,1H3,(H,20,22)(H,21,23);2*1H. The molecule has 1 heterocycles. The number of aryl methyl sites for hydroxylation is 1. The molecular formula is C16H20Cl4N4O. The number of pyridine rings is 1. The molecular weight excluding hydrogens is 406 g/mol. The van der Waals surface area contributed by atoms with E-state index >= 15 is 0 Å². The van der Waals surface area contributed by atoms with Crippen LogP contribution in [0.15, 0.2) is 36.5 Å². The summed E-state index contributed by atoms with van der Waals surface area (Å²) in [5.41, 5.74) is 7.85. The van der Waals surface area contributed by atoms with Crippen LogP contribution in [0.2, 0.25) is 10.0 Å². The van der Waals surface area contributed by atoms with E-state index in [9.17, 15) is 4.79 Å². The number of hydrogen-bond donors (Lipinski definition) is 3. The van der Waals surface area contributed by atoms with E-state index in [-0.39, 0.29) is 30.7 Å². The van der Waals surface area contributed by atoms with E-state index < -0.39 is 6.04 Å². The van der Waals surface area contributed by atoms with Crippen LogP contribution in [0.1, 0.15) is 17.2 Å². The molecule has 5 nitrogen and oxygen atoms in total. The van der Waals surface area contributed by atoms with Crippen LogP contribution >= 0.6 is 48.0 Å². The first-order valence-electron chi connectivity index (χ1n) is 7.12. The summed E-state index contributed by atoms with van der Waals surface area (Å²) in [6, 6.07) is 8.48. The Bertz CT molecular complexity index is 682. The minimum absolute atomic E-state index is 0. The van der Waals surface area contributed by atoms with Crippen LogP contribution < -0.4 is 16.4 Å². The van der Waals surface area contributed by atoms with Gasteiger partial charge in [0.2, 0.25) is 5.91 Å². The highest BCUT2D eigenvalue weighted by Gasteiger charge is 2.14. The number of hydrogen-bond acceptors (Lipinski definition) is 4. The Kier molecular flexibility index (Phi) is 10.8. The highest BCUT2D eigenvalue weighted by atomic mass is 35.5. The molecule has 25 heavy (non-hydrogen) atoms. The number of halogens is 4. The van der Waals surface area contributed by atoms with Gasteiger partial charge in [0.1, 0.15) is 11.9 Å². The number of amides is 1. The SMILES string of the molecule is Cc1ccc(C(N)C(=O)NCCNc2ncc(Cl)cc2Cl)cc1.Cl.Cl. The van der Waals surface area contributed by atoms with Gasteiger partial charge in [-0.15, -0.1) is 24.8 Å². The van der Waals surface area contributed by atoms with Gasteiger partial charge in [-0.05, 0) is 18.6 Å². The quantitative estimate of drug-likeness (QED) is 0.615. The Morgan fingerprint density at radius 2 is 1.84 bits per heavy atom. The van der Waals surface area contributed by atoms with Crippen LogP contribution in [0.25, 0.3) is 0 Å². The van der Waals surface area contributed by atoms with Gasteiger partial charge < -0.3 is 16.4 Å². The lowest BCUT2D eigenvalue weighted by Gasteiger charge is -2.13. The Morgan fingerprint density at radius 3 is 2.44 bits per heavy atom. The van der Waals surface area contributed by atoms with Gasteiger partial charge >= 0.3 is 0 Å². The first-order chi connectivity index (χ1) is 11.0. The van der Waals surface area contributed by atoms with E-state index in [2.05, 4.69) is 15.6 Å². The lowest BCUT2D eigenvalue weighted by Crippen LogP contribution is -2.36. The second kappa shape index (κ2) is 11.4. The van der Waals surface area contributed by atoms with Gasteiger partial charge in [-0.1, -0.05) is 53.0 Å². The molecule has 0 spiro atoms. The molecule has 0 aliphatic rings. The predicted octanol–water partition coefficient (Wildman–Crippen LogP) is 3.77. The summed E-state index contributed by atoms with van der Waals surface area (Å²) in [5.74, 6) is 0.291. The van der Waals surface area contributed by atoms with Crippen molar-refractivity contribution < 1.29 is 4.79 Å². The normalized spacial score (nSPS) is 10.9. The summed E-state index contributed by atoms with van der Waals surface area (Å²) in [5, 5.41) is 6.70. The summed E-state index contributed by atoms with van der Waals surface area (Å²) in [6.45, 7) is 2.86. The van der Waals surface area contributed by atoms with E-state index in [0.717, 1.165) is 11.1 Å². The fourth-order valence-corrected chi connectivity index (χ4v) is 2.39. The van der Waals surface area contributed by atoms with E-state index in [0.29, 0.717) is 29.0 Å². The molecule has 0 aliphatic heterocycles. The summed E-state index contributed by atoms with van der Waals surface area (Å²) in [7, 11) is 0. The third kappa shape index (κ3) is 7.26. The zero-order valence-electron chi connectivity index (χ0n) is 13.5. The average Bonchev–Trinajstić information content (AvgIpc) is 2.53. The molecule has 1 aromatic heterocycles. The van der Waals surface area contributed by atoms with Crippen molar-refractivity contribution in [1.82, 2.24) is 10.3 Å². The molecule has 4 N–H and O–H groups in total. The molecule has 0 aliphatic carbocycles. The van der Waals surface area contributed by atoms with Crippen molar-refractivity contribution in [2.75, 3.05) is 18.4 Å². The fraction of sp³-hybridized carbons (Fsp3) is 0.250. The van der Waals surface area contributed by atoms with Gasteiger partial charge in [0.05, 0.1) is 10.0 Å². The van der Waals surface area contributed by atoms with Crippen molar-refractivity contribution in [2.45, 2.75) is 13.0 Å². The highest BCUT2D eigenvalue weighted by Crippen LogP contribution is 2.22. The second-order valence-corrected chi connectivity index (χ2v) is 5.93. The van der Waals surface area contributed by atoms with E-state index in [4.69, 9.17) is 28.9 Å². The number of carbonyl (C=O) groups excluding carboxylic acids is 1. The minimum atomic E-state index is -0.687. The van der Waals surface area contributed by atoms with Gasteiger partial charge in [0.25, 0.3) is 0 Å². The van der Waals surface area contributed by atoms with Crippen LogP contribution in [0.5, 0.6) is 0 Å². The molecule has 2 aromatic rings. The molecule has 1 amide bonds. The molecule has 0 bridgehead atoms. The lowest BCUT2D eigenvalue weighted by molar-refractivity contribution is -0.122. The van der Waals surface area contributed by atoms with Crippen molar-refractivity contribution in [3.05, 3.63) is 57.7 Å². The Morgan fingerprint density at radius 1 is 1.20 bits per heavy atom. The Balaban J connectivity index is 0.00000288. The van der Waals surface area contributed by atoms with Crippen molar-refractivity contribution >= 4 is 59.7 Å². The largest absolute Gasteiger partial charge is 0.367 e. The van der Waals surface area contributed by atoms with Crippen molar-refractivity contribution in [1.29, 1.82) is 0 Å². The topological polar surface area (TPSA) is 80.0 Å². The maximum atomic E-state index is 12.0. The third-order valence-electron chi connectivity index (χ3n) is 3.24. The zero-order chi connectivity index (χ0) is 16.8. The number of rotatable bonds is 6. The molecule has 0 saturated heterocycles. The molecule has 2 rings (SSSR count). The molecule has 1 aromatic carbocycles. The van der Waals surface area contributed by atoms with Crippen LogP contribution in [0, 0.1) is 6.92 Å². The van der Waals surface area contributed by atoms with E-state index in [1.54, 1.807) is 6.07 Å². The smallest absolute Gasteiger partial charge is 0.241 e. The fourth-order valence-electron chi connectivity index (χ4n) is 1.95. The molecule has 9 heteroatoms. The minimum Gasteiger partial charge on any atom is -0.367 e. The maximum absolute atomic E-state index is 12.0. The number of anilines is 1. The number of nitrogens with zero attached hydrogens (tertiary/aromatic N) is 1. The van der Waals surface area contributed by atoms with Crippen molar-refractivity contribution in [3.8, 4) is 0 Å². The Hall–Kier alpha value is -1.24. The van der Waals surface area contributed by atoms with Gasteiger partial charge in [0, 0.05) is 19.3 Å². The molecule has 1 atom stereocenters. The summed E-state index contributed by atoms with van der Waals surface area (Å²) in [6.07, 6.45) is 1.50. The predicted molar refractivity (Wildman–Crippen MR) is 108 cm³/mol. The Labute approximate surface area is 169 Å². The van der Waals surface area contributed by atoms with Crippen LogP contribution in [-0.2, 0) is 4.79 Å². The zero-order valence-corrected chi connectivity index (χ0v) is 16.6. The van der Waals surface area contributed by atoms with E-state index in [1.165, 1.54) is 6.20 Å². The van der Waals surface area contributed by atoms with Gasteiger partial charge in [-0.3, -0.25) is 4.79 Å². The van der Waals surface area contributed by atoms with Gasteiger partial charge in [-0.2, -0.15) is 0 Å². The molecule has 138 valence electrons. The molecule has 0 saturated carbocycles. The first-order valence-corrected chi connectivity index (χ1v) is 7.88. The summed E-state index contributed by atoms with van der Waals surface area (Å²) < 4.78 is 0. The number of carbonyl (C=O) groups is 1. The number of aromatic nitrogens is 1. The maximum Gasteiger partial charge on any atom is 0.241 e. The number of nitrogens with one attached hydrogen (secondary N) is 2. The number of nitrogens with two attached hydrogens (primary N) is 1. The first kappa shape index (κ1) is 23.8. The summed E-state index contributed by atoms with van der Waals surface area (Å²) in [4.78, 5) is 16.1. The summed E-state index contributed by atoms with van der Waals surface area (Å²) >= 11 is 11.8. The highest BCUT2D eigenvalue weighted by molar-refractivity contribution is 6.35. The third-order valence-corrected chi connectivity index (χ3v) is 3.74. The van der Waals surface area contributed by atoms with Crippen LogP contribution in [0.4, 0.5) is 5.82 Å². The lowest BCUT2D eigenvalue weighted by atomic mass is 10.1.